The van der Waals surface area contributed by atoms with Gasteiger partial charge < -0.3 is 4.74 Å². The number of carbonyl (C=O) groups excluding carboxylic acids is 1. The highest BCUT2D eigenvalue weighted by Crippen LogP contribution is 2.40. The van der Waals surface area contributed by atoms with Crippen LogP contribution in [0.2, 0.25) is 0 Å². The molecule has 1 aliphatic carbocycles. The maximum absolute atomic E-state index is 11.7. The summed E-state index contributed by atoms with van der Waals surface area (Å²) in [4.78, 5) is 16.0. The fraction of sp³-hybridized carbons (Fsp3) is 0.727. The summed E-state index contributed by atoms with van der Waals surface area (Å²) in [7, 11) is 1.73. The van der Waals surface area contributed by atoms with Gasteiger partial charge in [-0.25, -0.2) is 4.79 Å². The van der Waals surface area contributed by atoms with Gasteiger partial charge in [0.2, 0.25) is 0 Å². The van der Waals surface area contributed by atoms with Crippen LogP contribution >= 0.6 is 15.9 Å². The molecule has 1 fully saturated rings. The van der Waals surface area contributed by atoms with Crippen molar-refractivity contribution in [1.29, 1.82) is 0 Å². The maximum atomic E-state index is 11.7. The monoisotopic (exact) mass is 273 g/mol. The van der Waals surface area contributed by atoms with E-state index < -0.39 is 5.60 Å². The van der Waals surface area contributed by atoms with Gasteiger partial charge in [0, 0.05) is 23.0 Å². The zero-order valence-electron chi connectivity index (χ0n) is 9.56. The highest BCUT2D eigenvalue weighted by Gasteiger charge is 2.48. The normalized spacial score (nSPS) is 17.4. The van der Waals surface area contributed by atoms with Gasteiger partial charge >= 0.3 is 6.09 Å². The van der Waals surface area contributed by atoms with Gasteiger partial charge in [0.15, 0.2) is 0 Å². The number of carbonyl (C=O) groups is 1. The molecule has 0 aromatic rings. The van der Waals surface area contributed by atoms with Crippen molar-refractivity contribution in [2.45, 2.75) is 44.8 Å². The van der Waals surface area contributed by atoms with E-state index in [-0.39, 0.29) is 11.6 Å². The quantitative estimate of drug-likeness (QED) is 0.688. The molecule has 0 atom stereocenters. The van der Waals surface area contributed by atoms with Crippen molar-refractivity contribution >= 4 is 22.0 Å². The molecule has 0 N–H and O–H groups in total. The molecule has 3 nitrogen and oxygen atoms in total. The number of hydrogen-bond donors (Lipinski definition) is 0. The van der Waals surface area contributed by atoms with E-state index in [1.807, 2.05) is 20.8 Å². The van der Waals surface area contributed by atoms with Crippen LogP contribution in [0.1, 0.15) is 33.6 Å². The lowest BCUT2D eigenvalue weighted by Crippen LogP contribution is -2.41. The molecule has 0 bridgehead atoms. The van der Waals surface area contributed by atoms with Crippen LogP contribution in [0.5, 0.6) is 0 Å². The molecule has 1 amide bonds. The molecule has 1 rings (SSSR count). The van der Waals surface area contributed by atoms with Crippen LogP contribution in [-0.4, -0.2) is 29.2 Å². The molecule has 15 heavy (non-hydrogen) atoms. The standard InChI is InChI=1S/C11H16BrNO2/c1-10(2,3)15-9(14)13(4)11(5-6-11)7-8-12/h5-6H2,1-4H3. The Hall–Kier alpha value is -0.690. The van der Waals surface area contributed by atoms with E-state index in [1.165, 1.54) is 0 Å². The Labute approximate surface area is 99.3 Å². The highest BCUT2D eigenvalue weighted by atomic mass is 79.9. The third kappa shape index (κ3) is 3.13. The third-order valence-electron chi connectivity index (χ3n) is 2.31. The minimum Gasteiger partial charge on any atom is -0.444 e. The molecule has 0 unspecified atom stereocenters. The summed E-state index contributed by atoms with van der Waals surface area (Å²) in [5, 5.41) is 0. The van der Waals surface area contributed by atoms with Crippen LogP contribution in [-0.2, 0) is 4.74 Å². The maximum Gasteiger partial charge on any atom is 0.411 e. The molecule has 84 valence electrons. The second kappa shape index (κ2) is 4.05. The van der Waals surface area contributed by atoms with E-state index in [2.05, 4.69) is 26.7 Å². The van der Waals surface area contributed by atoms with Crippen molar-refractivity contribution in [3.05, 3.63) is 0 Å². The van der Waals surface area contributed by atoms with Gasteiger partial charge in [-0.1, -0.05) is 5.92 Å². The molecular formula is C11H16BrNO2. The smallest absolute Gasteiger partial charge is 0.411 e. The van der Waals surface area contributed by atoms with E-state index in [0.29, 0.717) is 0 Å². The van der Waals surface area contributed by atoms with E-state index in [1.54, 1.807) is 11.9 Å². The average Bonchev–Trinajstić information content (AvgIpc) is 2.82. The summed E-state index contributed by atoms with van der Waals surface area (Å²) in [6.45, 7) is 5.57. The Morgan fingerprint density at radius 1 is 1.47 bits per heavy atom. The zero-order valence-corrected chi connectivity index (χ0v) is 11.1. The fourth-order valence-electron chi connectivity index (χ4n) is 1.26. The van der Waals surface area contributed by atoms with E-state index in [4.69, 9.17) is 4.74 Å². The molecule has 0 aromatic heterocycles. The summed E-state index contributed by atoms with van der Waals surface area (Å²) in [6, 6.07) is 0. The number of rotatable bonds is 1. The molecule has 1 aliphatic rings. The van der Waals surface area contributed by atoms with Gasteiger partial charge in [-0.3, -0.25) is 4.90 Å². The Morgan fingerprint density at radius 2 is 2.00 bits per heavy atom. The number of hydrogen-bond acceptors (Lipinski definition) is 2. The molecule has 4 heteroatoms. The third-order valence-corrected chi connectivity index (χ3v) is 2.51. The second-order valence-corrected chi connectivity index (χ2v) is 5.19. The van der Waals surface area contributed by atoms with Gasteiger partial charge in [-0.15, -0.1) is 0 Å². The van der Waals surface area contributed by atoms with Crippen molar-refractivity contribution < 1.29 is 9.53 Å². The molecular weight excluding hydrogens is 258 g/mol. The van der Waals surface area contributed by atoms with Crippen molar-refractivity contribution in [2.75, 3.05) is 7.05 Å². The summed E-state index contributed by atoms with van der Waals surface area (Å²) in [5.41, 5.74) is -0.755. The Morgan fingerprint density at radius 3 is 2.33 bits per heavy atom. The predicted molar refractivity (Wildman–Crippen MR) is 62.7 cm³/mol. The Bertz CT molecular complexity index is 318. The first-order valence-corrected chi connectivity index (χ1v) is 5.70. The first-order valence-electron chi connectivity index (χ1n) is 4.90. The zero-order chi connectivity index (χ0) is 11.7. The Balaban J connectivity index is 2.64. The van der Waals surface area contributed by atoms with Crippen LogP contribution in [0.4, 0.5) is 4.79 Å². The SMILES string of the molecule is CN(C(=O)OC(C)(C)C)C1(C#CBr)CC1. The Kier molecular flexibility index (Phi) is 3.34. The number of nitrogens with zero attached hydrogens (tertiary/aromatic N) is 1. The van der Waals surface area contributed by atoms with E-state index in [9.17, 15) is 4.79 Å². The van der Waals surface area contributed by atoms with Crippen LogP contribution in [0.3, 0.4) is 0 Å². The molecule has 0 saturated heterocycles. The lowest BCUT2D eigenvalue weighted by Gasteiger charge is -2.28. The number of halogens is 1. The van der Waals surface area contributed by atoms with Crippen LogP contribution in [0.15, 0.2) is 0 Å². The molecule has 0 spiro atoms. The predicted octanol–water partition coefficient (Wildman–Crippen LogP) is 2.74. The van der Waals surface area contributed by atoms with Gasteiger partial charge in [-0.2, -0.15) is 0 Å². The second-order valence-electron chi connectivity index (χ2n) is 4.79. The molecule has 0 aliphatic heterocycles. The first-order chi connectivity index (χ1) is 6.81. The largest absolute Gasteiger partial charge is 0.444 e. The van der Waals surface area contributed by atoms with Crippen LogP contribution in [0, 0.1) is 10.8 Å². The minimum atomic E-state index is -0.455. The first kappa shape index (κ1) is 12.4. The van der Waals surface area contributed by atoms with Gasteiger partial charge in [0.25, 0.3) is 0 Å². The van der Waals surface area contributed by atoms with Crippen molar-refractivity contribution in [3.8, 4) is 10.8 Å². The minimum absolute atomic E-state index is 0.300. The lowest BCUT2D eigenvalue weighted by atomic mass is 10.2. The molecule has 0 aromatic carbocycles. The molecule has 0 radical (unpaired) electrons. The number of ether oxygens (including phenoxy) is 1. The summed E-state index contributed by atoms with van der Waals surface area (Å²) in [5.74, 6) is 2.99. The fourth-order valence-corrected chi connectivity index (χ4v) is 1.62. The molecule has 1 saturated carbocycles. The van der Waals surface area contributed by atoms with Gasteiger partial charge in [0.1, 0.15) is 11.1 Å². The number of amides is 1. The summed E-state index contributed by atoms with van der Waals surface area (Å²) in [6.07, 6.45) is 1.53. The van der Waals surface area contributed by atoms with Crippen LogP contribution < -0.4 is 0 Å². The average molecular weight is 274 g/mol. The summed E-state index contributed by atoms with van der Waals surface area (Å²) < 4.78 is 5.28. The topological polar surface area (TPSA) is 29.5 Å². The van der Waals surface area contributed by atoms with Gasteiger partial charge in [0.05, 0.1) is 0 Å². The van der Waals surface area contributed by atoms with Crippen molar-refractivity contribution in [3.63, 3.8) is 0 Å². The van der Waals surface area contributed by atoms with Crippen molar-refractivity contribution in [1.82, 2.24) is 4.90 Å². The van der Waals surface area contributed by atoms with Crippen molar-refractivity contribution in [2.24, 2.45) is 0 Å². The van der Waals surface area contributed by atoms with Gasteiger partial charge in [-0.05, 0) is 38.4 Å². The van der Waals surface area contributed by atoms with E-state index >= 15 is 0 Å². The molecule has 0 heterocycles. The highest BCUT2D eigenvalue weighted by molar-refractivity contribution is 9.12. The summed E-state index contributed by atoms with van der Waals surface area (Å²) >= 11 is 3.06. The van der Waals surface area contributed by atoms with E-state index in [0.717, 1.165) is 12.8 Å². The lowest BCUT2D eigenvalue weighted by molar-refractivity contribution is 0.0242. The van der Waals surface area contributed by atoms with Crippen LogP contribution in [0.25, 0.3) is 0 Å².